The van der Waals surface area contributed by atoms with Crippen molar-refractivity contribution in [2.75, 3.05) is 13.2 Å². The molecule has 398 valence electrons. The zero-order chi connectivity index (χ0) is 53.4. The van der Waals surface area contributed by atoms with Gasteiger partial charge in [0.2, 0.25) is 0 Å². The average molecular weight is 1160 g/mol. The molecule has 2 saturated carbocycles. The Kier molecular flexibility index (Phi) is 19.3. The normalized spacial score (nSPS) is 17.7. The average Bonchev–Trinajstić information content (AvgIpc) is 3.34. The second-order valence-corrected chi connectivity index (χ2v) is 20.0. The molecule has 6 aromatic carbocycles. The van der Waals surface area contributed by atoms with Gasteiger partial charge < -0.3 is 14.2 Å². The summed E-state index contributed by atoms with van der Waals surface area (Å²) in [7, 11) is 0. The Morgan fingerprint density at radius 2 is 0.743 bits per heavy atom. The fraction of sp³-hybridized carbons (Fsp3) is 0.368. The minimum absolute atomic E-state index is 0. The van der Waals surface area contributed by atoms with Crippen LogP contribution < -0.4 is 14.2 Å². The van der Waals surface area contributed by atoms with E-state index in [-0.39, 0.29) is 53.2 Å². The van der Waals surface area contributed by atoms with Crippen LogP contribution in [0.15, 0.2) is 72.8 Å². The zero-order valence-corrected chi connectivity index (χ0v) is 42.5. The summed E-state index contributed by atoms with van der Waals surface area (Å²) in [6, 6.07) is 12.8. The van der Waals surface area contributed by atoms with Gasteiger partial charge in [0.15, 0.2) is 69.6 Å². The molecule has 0 unspecified atom stereocenters. The van der Waals surface area contributed by atoms with Crippen LogP contribution in [0.4, 0.5) is 57.1 Å². The quantitative estimate of drug-likeness (QED) is 0.0549. The Hall–Kier alpha value is -5.46. The lowest BCUT2D eigenvalue weighted by molar-refractivity contribution is 0.187. The van der Waals surface area contributed by atoms with Crippen LogP contribution in [0.5, 0.6) is 17.2 Å². The van der Waals surface area contributed by atoms with Crippen molar-refractivity contribution in [3.05, 3.63) is 180 Å². The van der Waals surface area contributed by atoms with Crippen LogP contribution in [-0.2, 0) is 19.4 Å². The van der Waals surface area contributed by atoms with Crippen LogP contribution in [0.2, 0.25) is 0 Å². The lowest BCUT2D eigenvalue weighted by atomic mass is 9.78. The number of ether oxygens (including phenoxy) is 3. The van der Waals surface area contributed by atoms with Gasteiger partial charge in [-0.1, -0.05) is 26.7 Å². The van der Waals surface area contributed by atoms with Gasteiger partial charge >= 0.3 is 0 Å². The minimum Gasteiger partial charge on any atom is -0.487 e. The van der Waals surface area contributed by atoms with Crippen LogP contribution in [0.1, 0.15) is 119 Å². The molecular formula is C57H54F13IO3. The van der Waals surface area contributed by atoms with Gasteiger partial charge in [0.1, 0.15) is 29.9 Å². The topological polar surface area (TPSA) is 27.7 Å². The van der Waals surface area contributed by atoms with Gasteiger partial charge in [-0.25, -0.2) is 57.1 Å². The number of aryl methyl sites for hydroxylation is 2. The van der Waals surface area contributed by atoms with Crippen LogP contribution >= 0.6 is 22.6 Å². The Morgan fingerprint density at radius 3 is 1.12 bits per heavy atom. The Balaban J connectivity index is 0.000000270. The molecular weight excluding hydrogens is 1110 g/mol. The standard InChI is InChI=1S/C35H29F9O2.C22H23F4IO.H2/c1-2-3-19-8-28(40)34(29(41)9-19)45-16-18-4-6-21(7-5-18)22-12-24(36)32(25(37)13-22)23-14-30(42)35(31(43)15-23)46-17-20-10-26(38)33(44)27(39)11-20;1-2-3-14-8-19(25)22(20(26)9-14)28-12-13-4-6-15(7-5-13)16-10-17(23)21(27)18(24)11-16;/h8-15,18,21H,2-7,16-17H2,1H3;8-11,13,15H,2-7,12H2,1H3;1H/i;;1+1. The van der Waals surface area contributed by atoms with Crippen LogP contribution in [0.3, 0.4) is 0 Å². The molecule has 8 rings (SSSR count). The van der Waals surface area contributed by atoms with Gasteiger partial charge in [-0.2, -0.15) is 0 Å². The number of hydrogen-bond acceptors (Lipinski definition) is 3. The fourth-order valence-corrected chi connectivity index (χ4v) is 10.0. The first-order valence-corrected chi connectivity index (χ1v) is 25.5. The SMILES string of the molecule is CCCc1cc(F)c(OCC2CCC(c3cc(F)c(-c4cc(F)c(OCc5cc(F)c(F)c(F)c5)c(F)c4)c(F)c3)CC2)c(F)c1.CCCc1cc(F)c(OCC2CCC(c3cc(F)c(I)c(F)c3)CC2)c(F)c1.[2HH]. The maximum Gasteiger partial charge on any atom is 0.194 e. The monoisotopic (exact) mass is 1160 g/mol. The highest BCUT2D eigenvalue weighted by molar-refractivity contribution is 14.1. The van der Waals surface area contributed by atoms with Gasteiger partial charge in [0.25, 0.3) is 0 Å². The summed E-state index contributed by atoms with van der Waals surface area (Å²) in [5.41, 5.74) is 0.876. The Labute approximate surface area is 436 Å². The summed E-state index contributed by atoms with van der Waals surface area (Å²) >= 11 is 1.66. The third-order valence-corrected chi connectivity index (χ3v) is 14.6. The van der Waals surface area contributed by atoms with E-state index in [0.717, 1.165) is 50.7 Å². The smallest absolute Gasteiger partial charge is 0.194 e. The largest absolute Gasteiger partial charge is 0.487 e. The predicted octanol–water partition coefficient (Wildman–Crippen LogP) is 17.9. The molecule has 17 heteroatoms. The van der Waals surface area contributed by atoms with E-state index < -0.39 is 105 Å². The predicted molar refractivity (Wildman–Crippen MR) is 265 cm³/mol. The Bertz CT molecular complexity index is 2800. The van der Waals surface area contributed by atoms with Gasteiger partial charge in [0.05, 0.1) is 22.3 Å². The molecule has 0 radical (unpaired) electrons. The van der Waals surface area contributed by atoms with E-state index in [1.165, 1.54) is 36.4 Å². The third kappa shape index (κ3) is 13.9. The van der Waals surface area contributed by atoms with Crippen LogP contribution in [-0.4, -0.2) is 13.2 Å². The molecule has 0 N–H and O–H groups in total. The summed E-state index contributed by atoms with van der Waals surface area (Å²) in [5, 5.41) is 0. The summed E-state index contributed by atoms with van der Waals surface area (Å²) in [6.07, 6.45) is 8.08. The van der Waals surface area contributed by atoms with Crippen molar-refractivity contribution in [1.82, 2.24) is 0 Å². The molecule has 0 atom stereocenters. The molecule has 0 bridgehead atoms. The molecule has 0 spiro atoms. The van der Waals surface area contributed by atoms with Crippen molar-refractivity contribution in [2.24, 2.45) is 11.8 Å². The summed E-state index contributed by atoms with van der Waals surface area (Å²) in [6.45, 7) is 3.47. The molecule has 74 heavy (non-hydrogen) atoms. The molecule has 0 amide bonds. The van der Waals surface area contributed by atoms with Crippen LogP contribution in [0, 0.1) is 91.0 Å². The molecule has 2 aliphatic carbocycles. The highest BCUT2D eigenvalue weighted by Gasteiger charge is 2.28. The number of halogens is 14. The third-order valence-electron chi connectivity index (χ3n) is 13.5. The number of rotatable bonds is 16. The molecule has 0 saturated heterocycles. The van der Waals surface area contributed by atoms with Crippen molar-refractivity contribution >= 4 is 22.6 Å². The molecule has 3 nitrogen and oxygen atoms in total. The van der Waals surface area contributed by atoms with Crippen molar-refractivity contribution in [3.8, 4) is 28.4 Å². The first kappa shape index (κ1) is 56.3. The van der Waals surface area contributed by atoms with Crippen molar-refractivity contribution in [2.45, 2.75) is 109 Å². The van der Waals surface area contributed by atoms with Gasteiger partial charge in [-0.15, -0.1) is 0 Å². The molecule has 0 aliphatic heterocycles. The zero-order valence-electron chi connectivity index (χ0n) is 40.4. The number of benzene rings is 6. The highest BCUT2D eigenvalue weighted by Crippen LogP contribution is 2.41. The van der Waals surface area contributed by atoms with Gasteiger partial charge in [-0.05, 0) is 217 Å². The lowest BCUT2D eigenvalue weighted by Crippen LogP contribution is -2.20. The van der Waals surface area contributed by atoms with E-state index in [2.05, 4.69) is 0 Å². The lowest BCUT2D eigenvalue weighted by Gasteiger charge is -2.29. The van der Waals surface area contributed by atoms with E-state index in [4.69, 9.17) is 14.2 Å². The van der Waals surface area contributed by atoms with E-state index in [9.17, 15) is 48.3 Å². The number of hydrogen-bond donors (Lipinski definition) is 0. The first-order chi connectivity index (χ1) is 35.3. The second kappa shape index (κ2) is 25.4. The van der Waals surface area contributed by atoms with Crippen molar-refractivity contribution in [3.63, 3.8) is 0 Å². The van der Waals surface area contributed by atoms with Gasteiger partial charge in [-0.3, -0.25) is 0 Å². The molecule has 0 aromatic heterocycles. The van der Waals surface area contributed by atoms with E-state index in [1.54, 1.807) is 22.6 Å². The van der Waals surface area contributed by atoms with E-state index in [0.29, 0.717) is 85.0 Å². The first-order valence-electron chi connectivity index (χ1n) is 24.4. The fourth-order valence-electron chi connectivity index (χ4n) is 9.70. The van der Waals surface area contributed by atoms with Crippen LogP contribution in [0.25, 0.3) is 11.1 Å². The molecule has 2 aliphatic rings. The summed E-state index contributed by atoms with van der Waals surface area (Å²) in [4.78, 5) is 0. The summed E-state index contributed by atoms with van der Waals surface area (Å²) in [5.74, 6) is -15.0. The highest BCUT2D eigenvalue weighted by atomic mass is 127. The molecule has 6 aromatic rings. The Morgan fingerprint density at radius 1 is 0.405 bits per heavy atom. The second-order valence-electron chi connectivity index (χ2n) is 18.9. The van der Waals surface area contributed by atoms with E-state index >= 15 is 8.78 Å². The maximum absolute atomic E-state index is 15.2. The molecule has 2 fully saturated rings. The minimum atomic E-state index is -1.71. The van der Waals surface area contributed by atoms with E-state index in [1.807, 2.05) is 13.8 Å². The van der Waals surface area contributed by atoms with Gasteiger partial charge in [0, 0.05) is 1.43 Å². The maximum atomic E-state index is 15.2. The van der Waals surface area contributed by atoms with Crippen molar-refractivity contribution < 1.29 is 72.7 Å². The molecule has 0 heterocycles. The van der Waals surface area contributed by atoms with Crippen molar-refractivity contribution in [1.29, 1.82) is 0 Å². The summed E-state index contributed by atoms with van der Waals surface area (Å²) < 4.78 is 201.